The minimum atomic E-state index is -0.657. The number of nitrogens with one attached hydrogen (secondary N) is 1. The van der Waals surface area contributed by atoms with Crippen LogP contribution in [0.5, 0.6) is 0 Å². The summed E-state index contributed by atoms with van der Waals surface area (Å²) < 4.78 is 5.01. The Kier molecular flexibility index (Phi) is 17.9. The molecular weight excluding hydrogens is 278 g/mol. The molecule has 0 amide bonds. The molecule has 1 aliphatic heterocycles. The zero-order valence-electron chi connectivity index (χ0n) is 14.6. The molecule has 0 aromatic carbocycles. The average molecular weight is 315 g/mol. The van der Waals surface area contributed by atoms with Crippen molar-refractivity contribution in [2.75, 3.05) is 26.3 Å². The molecule has 0 aromatic rings. The summed E-state index contributed by atoms with van der Waals surface area (Å²) in [5.74, 6) is -0.657. The van der Waals surface area contributed by atoms with Gasteiger partial charge in [0.1, 0.15) is 0 Å². The molecule has 0 radical (unpaired) electrons. The third-order valence-corrected chi connectivity index (χ3v) is 3.84. The lowest BCUT2D eigenvalue weighted by molar-refractivity contribution is -0.137. The third kappa shape index (κ3) is 19.4. The van der Waals surface area contributed by atoms with E-state index in [0.717, 1.165) is 39.1 Å². The molecule has 0 bridgehead atoms. The summed E-state index contributed by atoms with van der Waals surface area (Å²) in [7, 11) is 0. The number of unbranched alkanes of at least 4 members (excludes halogenated alkanes) is 10. The molecule has 1 heterocycles. The van der Waals surface area contributed by atoms with E-state index >= 15 is 0 Å². The van der Waals surface area contributed by atoms with Crippen molar-refractivity contribution in [1.82, 2.24) is 5.32 Å². The molecule has 4 heteroatoms. The third-order valence-electron chi connectivity index (χ3n) is 3.84. The maximum Gasteiger partial charge on any atom is 0.303 e. The van der Waals surface area contributed by atoms with E-state index in [1.165, 1.54) is 57.8 Å². The second kappa shape index (κ2) is 18.4. The average Bonchev–Trinajstić information content (AvgIpc) is 2.54. The predicted molar refractivity (Wildman–Crippen MR) is 92.4 cm³/mol. The van der Waals surface area contributed by atoms with Crippen LogP contribution in [0.25, 0.3) is 0 Å². The van der Waals surface area contributed by atoms with Crippen molar-refractivity contribution in [3.8, 4) is 0 Å². The molecular formula is C18H37NO3. The van der Waals surface area contributed by atoms with E-state index in [1.807, 2.05) is 0 Å². The summed E-state index contributed by atoms with van der Waals surface area (Å²) in [6, 6.07) is 0. The molecule has 0 spiro atoms. The summed E-state index contributed by atoms with van der Waals surface area (Å²) in [6.07, 6.45) is 14.4. The van der Waals surface area contributed by atoms with Crippen LogP contribution in [0.4, 0.5) is 0 Å². The maximum atomic E-state index is 10.3. The molecule has 0 atom stereocenters. The van der Waals surface area contributed by atoms with E-state index < -0.39 is 5.97 Å². The van der Waals surface area contributed by atoms with Crippen LogP contribution in [-0.2, 0) is 9.53 Å². The van der Waals surface area contributed by atoms with Gasteiger partial charge >= 0.3 is 5.97 Å². The van der Waals surface area contributed by atoms with Crippen LogP contribution in [0.3, 0.4) is 0 Å². The van der Waals surface area contributed by atoms with Crippen LogP contribution >= 0.6 is 0 Å². The van der Waals surface area contributed by atoms with Crippen LogP contribution in [0.15, 0.2) is 0 Å². The fraction of sp³-hybridized carbons (Fsp3) is 0.944. The zero-order valence-corrected chi connectivity index (χ0v) is 14.6. The highest BCUT2D eigenvalue weighted by Gasteiger charge is 1.96. The molecule has 0 aromatic heterocycles. The number of carboxylic acid groups (broad SMARTS) is 1. The SMILES string of the molecule is C1COCCN1.CCCCCCCCCCCCCC(=O)O. The predicted octanol–water partition coefficient (Wildman–Crippen LogP) is 4.38. The fourth-order valence-electron chi connectivity index (χ4n) is 2.46. The van der Waals surface area contributed by atoms with Gasteiger partial charge in [0.2, 0.25) is 0 Å². The maximum absolute atomic E-state index is 10.3. The summed E-state index contributed by atoms with van der Waals surface area (Å²) in [5.41, 5.74) is 0. The number of morpholine rings is 1. The normalized spacial score (nSPS) is 14.2. The molecule has 1 fully saturated rings. The van der Waals surface area contributed by atoms with Gasteiger partial charge in [-0.15, -0.1) is 0 Å². The molecule has 0 unspecified atom stereocenters. The van der Waals surface area contributed by atoms with Gasteiger partial charge in [-0.3, -0.25) is 4.79 Å². The molecule has 4 nitrogen and oxygen atoms in total. The largest absolute Gasteiger partial charge is 0.481 e. The summed E-state index contributed by atoms with van der Waals surface area (Å²) in [4.78, 5) is 10.3. The van der Waals surface area contributed by atoms with Crippen molar-refractivity contribution in [2.45, 2.75) is 84.0 Å². The van der Waals surface area contributed by atoms with Crippen LogP contribution in [0, 0.1) is 0 Å². The number of rotatable bonds is 12. The lowest BCUT2D eigenvalue weighted by Gasteiger charge is -2.10. The molecule has 22 heavy (non-hydrogen) atoms. The first-order chi connectivity index (χ1) is 10.8. The molecule has 132 valence electrons. The highest BCUT2D eigenvalue weighted by atomic mass is 16.5. The van der Waals surface area contributed by atoms with Gasteiger partial charge in [0, 0.05) is 19.5 Å². The first-order valence-electron chi connectivity index (χ1n) is 9.27. The van der Waals surface area contributed by atoms with Gasteiger partial charge in [-0.25, -0.2) is 0 Å². The number of carboxylic acids is 1. The van der Waals surface area contributed by atoms with Crippen molar-refractivity contribution in [1.29, 1.82) is 0 Å². The Balaban J connectivity index is 0.000000604. The van der Waals surface area contributed by atoms with E-state index in [4.69, 9.17) is 9.84 Å². The van der Waals surface area contributed by atoms with Crippen LogP contribution < -0.4 is 5.32 Å². The number of hydrogen-bond acceptors (Lipinski definition) is 3. The highest BCUT2D eigenvalue weighted by molar-refractivity contribution is 5.66. The first-order valence-corrected chi connectivity index (χ1v) is 9.27. The Morgan fingerprint density at radius 1 is 0.864 bits per heavy atom. The van der Waals surface area contributed by atoms with E-state index in [9.17, 15) is 4.79 Å². The molecule has 1 rings (SSSR count). The summed E-state index contributed by atoms with van der Waals surface area (Å²) >= 11 is 0. The van der Waals surface area contributed by atoms with E-state index in [0.29, 0.717) is 6.42 Å². The van der Waals surface area contributed by atoms with Gasteiger partial charge in [-0.2, -0.15) is 0 Å². The van der Waals surface area contributed by atoms with Gasteiger partial charge in [0.05, 0.1) is 13.2 Å². The number of aliphatic carboxylic acids is 1. The Hall–Kier alpha value is -0.610. The van der Waals surface area contributed by atoms with Gasteiger partial charge in [-0.05, 0) is 6.42 Å². The molecule has 0 saturated carbocycles. The van der Waals surface area contributed by atoms with Gasteiger partial charge < -0.3 is 15.2 Å². The topological polar surface area (TPSA) is 58.6 Å². The van der Waals surface area contributed by atoms with Crippen molar-refractivity contribution in [3.05, 3.63) is 0 Å². The second-order valence-corrected chi connectivity index (χ2v) is 6.04. The van der Waals surface area contributed by atoms with Crippen LogP contribution in [-0.4, -0.2) is 37.4 Å². The van der Waals surface area contributed by atoms with Crippen molar-refractivity contribution >= 4 is 5.97 Å². The van der Waals surface area contributed by atoms with Crippen molar-refractivity contribution in [3.63, 3.8) is 0 Å². The highest BCUT2D eigenvalue weighted by Crippen LogP contribution is 2.11. The first kappa shape index (κ1) is 21.4. The van der Waals surface area contributed by atoms with Crippen molar-refractivity contribution < 1.29 is 14.6 Å². The lowest BCUT2D eigenvalue weighted by atomic mass is 10.1. The summed E-state index contributed by atoms with van der Waals surface area (Å²) in [5, 5.41) is 11.6. The molecule has 1 saturated heterocycles. The number of carbonyl (C=O) groups is 1. The summed E-state index contributed by atoms with van der Waals surface area (Å²) in [6.45, 7) is 6.08. The standard InChI is InChI=1S/C14H28O2.C4H9NO/c1-2-3-4-5-6-7-8-9-10-11-12-13-14(15)16;1-3-6-4-2-5-1/h2-13H2,1H3,(H,15,16);5H,1-4H2. The second-order valence-electron chi connectivity index (χ2n) is 6.04. The van der Waals surface area contributed by atoms with Crippen LogP contribution in [0.2, 0.25) is 0 Å². The molecule has 1 aliphatic rings. The molecule has 2 N–H and O–H groups in total. The molecule has 0 aliphatic carbocycles. The minimum Gasteiger partial charge on any atom is -0.481 e. The van der Waals surface area contributed by atoms with E-state index in [1.54, 1.807) is 0 Å². The van der Waals surface area contributed by atoms with Gasteiger partial charge in [0.15, 0.2) is 0 Å². The smallest absolute Gasteiger partial charge is 0.303 e. The Morgan fingerprint density at radius 3 is 1.64 bits per heavy atom. The fourth-order valence-corrected chi connectivity index (χ4v) is 2.46. The lowest BCUT2D eigenvalue weighted by Crippen LogP contribution is -2.30. The van der Waals surface area contributed by atoms with E-state index in [-0.39, 0.29) is 0 Å². The Morgan fingerprint density at radius 2 is 1.32 bits per heavy atom. The number of ether oxygens (including phenoxy) is 1. The number of hydrogen-bond donors (Lipinski definition) is 2. The van der Waals surface area contributed by atoms with E-state index in [2.05, 4.69) is 12.2 Å². The Bertz CT molecular complexity index is 219. The van der Waals surface area contributed by atoms with Gasteiger partial charge in [0.25, 0.3) is 0 Å². The Labute approximate surface area is 137 Å². The van der Waals surface area contributed by atoms with Gasteiger partial charge in [-0.1, -0.05) is 71.1 Å². The van der Waals surface area contributed by atoms with Crippen molar-refractivity contribution in [2.24, 2.45) is 0 Å². The van der Waals surface area contributed by atoms with Crippen LogP contribution in [0.1, 0.15) is 84.0 Å². The minimum absolute atomic E-state index is 0.344. The monoisotopic (exact) mass is 315 g/mol. The quantitative estimate of drug-likeness (QED) is 0.525. The zero-order chi connectivity index (χ0) is 16.3.